The molecule has 2 atom stereocenters. The summed E-state index contributed by atoms with van der Waals surface area (Å²) in [5.74, 6) is 1.77. The number of carbonyl (C=O) groups is 2. The van der Waals surface area contributed by atoms with Crippen molar-refractivity contribution in [2.75, 3.05) is 0 Å². The Bertz CT molecular complexity index is 1430. The number of hydrogen-bond acceptors (Lipinski definition) is 4. The predicted octanol–water partition coefficient (Wildman–Crippen LogP) is 10.8. The molecule has 2 aliphatic rings. The maximum absolute atomic E-state index is 13.7. The molecule has 0 aromatic heterocycles. The van der Waals surface area contributed by atoms with Crippen molar-refractivity contribution in [3.05, 3.63) is 143 Å². The highest BCUT2D eigenvalue weighted by Crippen LogP contribution is 2.39. The molecule has 4 aromatic carbocycles. The third kappa shape index (κ3) is 7.78. The van der Waals surface area contributed by atoms with Crippen molar-refractivity contribution in [2.24, 2.45) is 11.8 Å². The minimum atomic E-state index is -0.844. The average Bonchev–Trinajstić information content (AvgIpc) is 3.11. The van der Waals surface area contributed by atoms with Crippen LogP contribution in [0.4, 0.5) is 0 Å². The highest BCUT2D eigenvalue weighted by molar-refractivity contribution is 5.90. The van der Waals surface area contributed by atoms with E-state index in [2.05, 4.69) is 38.1 Å². The first kappa shape index (κ1) is 31.8. The lowest BCUT2D eigenvalue weighted by molar-refractivity contribution is -0.0388. The lowest BCUT2D eigenvalue weighted by Gasteiger charge is -2.28. The van der Waals surface area contributed by atoms with Crippen LogP contribution >= 0.6 is 0 Å². The van der Waals surface area contributed by atoms with Gasteiger partial charge < -0.3 is 9.47 Å². The van der Waals surface area contributed by atoms with E-state index in [9.17, 15) is 9.59 Å². The van der Waals surface area contributed by atoms with Crippen molar-refractivity contribution >= 4 is 11.9 Å². The van der Waals surface area contributed by atoms with Crippen LogP contribution in [0.5, 0.6) is 0 Å². The lowest BCUT2D eigenvalue weighted by Crippen LogP contribution is -2.23. The third-order valence-electron chi connectivity index (χ3n) is 10.3. The fourth-order valence-electron chi connectivity index (χ4n) is 7.23. The Hall–Kier alpha value is -4.18. The molecule has 4 aromatic rings. The van der Waals surface area contributed by atoms with Gasteiger partial charge in [-0.3, -0.25) is 0 Å². The van der Waals surface area contributed by atoms with Crippen molar-refractivity contribution in [1.29, 1.82) is 0 Å². The average molecular weight is 615 g/mol. The molecular weight excluding hydrogens is 568 g/mol. The van der Waals surface area contributed by atoms with Gasteiger partial charge >= 0.3 is 11.9 Å². The zero-order chi connectivity index (χ0) is 31.9. The van der Waals surface area contributed by atoms with E-state index in [1.54, 1.807) is 0 Å². The second-order valence-corrected chi connectivity index (χ2v) is 13.6. The smallest absolute Gasteiger partial charge is 0.338 e. The lowest BCUT2D eigenvalue weighted by atomic mass is 9.79. The molecule has 0 heterocycles. The van der Waals surface area contributed by atoms with Crippen LogP contribution in [0, 0.1) is 11.8 Å². The Labute approximate surface area is 274 Å². The third-order valence-corrected chi connectivity index (χ3v) is 10.3. The summed E-state index contributed by atoms with van der Waals surface area (Å²) in [7, 11) is 0. The van der Waals surface area contributed by atoms with E-state index >= 15 is 0 Å². The molecule has 0 spiro atoms. The Morgan fingerprint density at radius 3 is 1.13 bits per heavy atom. The van der Waals surface area contributed by atoms with Gasteiger partial charge in [-0.15, -0.1) is 0 Å². The minimum Gasteiger partial charge on any atom is -0.450 e. The summed E-state index contributed by atoms with van der Waals surface area (Å²) in [5, 5.41) is 0. The fourth-order valence-corrected chi connectivity index (χ4v) is 7.23. The van der Waals surface area contributed by atoms with E-state index in [0.29, 0.717) is 23.0 Å². The highest BCUT2D eigenvalue weighted by atomic mass is 16.6. The van der Waals surface area contributed by atoms with E-state index in [4.69, 9.17) is 9.47 Å². The molecule has 2 aliphatic carbocycles. The zero-order valence-electron chi connectivity index (χ0n) is 27.1. The van der Waals surface area contributed by atoms with Crippen molar-refractivity contribution in [2.45, 2.75) is 89.3 Å². The predicted molar refractivity (Wildman–Crippen MR) is 183 cm³/mol. The minimum absolute atomic E-state index is 0.444. The number of esters is 2. The maximum atomic E-state index is 13.7. The first-order valence-electron chi connectivity index (χ1n) is 17.2. The molecule has 2 unspecified atom stereocenters. The standard InChI is InChI=1S/C42H46O4/c1-29-13-17-31(18-14-29)33-21-25-37(26-22-33)41(43)45-39(35-9-5-3-6-10-35)40(36-11-7-4-8-12-36)46-42(44)38-27-23-34(24-28-38)32-19-15-30(2)16-20-32/h3-12,21-32,39-40H,13-20H2,1-2H3. The SMILES string of the molecule is CC1CCC(c2ccc(C(=O)OC(c3ccccc3)C(OC(=O)c3ccc(C4CCC(C)CC4)cc3)c3ccccc3)cc2)CC1. The summed E-state index contributed by atoms with van der Waals surface area (Å²) in [6, 6.07) is 34.9. The van der Waals surface area contributed by atoms with Crippen LogP contribution in [0.25, 0.3) is 0 Å². The fraction of sp³-hybridized carbons (Fsp3) is 0.381. The van der Waals surface area contributed by atoms with E-state index in [1.807, 2.05) is 84.9 Å². The van der Waals surface area contributed by atoms with E-state index in [1.165, 1.54) is 62.5 Å². The van der Waals surface area contributed by atoms with Gasteiger partial charge in [-0.05, 0) is 95.9 Å². The van der Waals surface area contributed by atoms with Crippen LogP contribution in [0.15, 0.2) is 109 Å². The largest absolute Gasteiger partial charge is 0.450 e. The van der Waals surface area contributed by atoms with Gasteiger partial charge in [0, 0.05) is 0 Å². The van der Waals surface area contributed by atoms with Crippen molar-refractivity contribution in [3.8, 4) is 0 Å². The van der Waals surface area contributed by atoms with Gasteiger partial charge in [-0.2, -0.15) is 0 Å². The van der Waals surface area contributed by atoms with Crippen molar-refractivity contribution in [1.82, 2.24) is 0 Å². The Balaban J connectivity index is 1.23. The van der Waals surface area contributed by atoms with E-state index in [0.717, 1.165) is 23.0 Å². The van der Waals surface area contributed by atoms with Gasteiger partial charge in [0.05, 0.1) is 11.1 Å². The van der Waals surface area contributed by atoms with Crippen LogP contribution in [-0.2, 0) is 9.47 Å². The molecule has 46 heavy (non-hydrogen) atoms. The monoisotopic (exact) mass is 614 g/mol. The number of rotatable bonds is 9. The molecule has 0 amide bonds. The summed E-state index contributed by atoms with van der Waals surface area (Å²) < 4.78 is 12.5. The van der Waals surface area contributed by atoms with Crippen molar-refractivity contribution < 1.29 is 19.1 Å². The topological polar surface area (TPSA) is 52.6 Å². The van der Waals surface area contributed by atoms with E-state index in [-0.39, 0.29) is 0 Å². The first-order chi connectivity index (χ1) is 22.4. The van der Waals surface area contributed by atoms with Gasteiger partial charge in [0.2, 0.25) is 0 Å². The summed E-state index contributed by atoms with van der Waals surface area (Å²) >= 11 is 0. The molecule has 0 N–H and O–H groups in total. The molecule has 4 heteroatoms. The normalized spacial score (nSPS) is 22.7. The van der Waals surface area contributed by atoms with Crippen LogP contribution in [0.2, 0.25) is 0 Å². The number of hydrogen-bond donors (Lipinski definition) is 0. The van der Waals surface area contributed by atoms with Crippen molar-refractivity contribution in [3.63, 3.8) is 0 Å². The van der Waals surface area contributed by atoms with Crippen LogP contribution in [0.1, 0.15) is 132 Å². The molecule has 6 rings (SSSR count). The Morgan fingerprint density at radius 1 is 0.478 bits per heavy atom. The Morgan fingerprint density at radius 2 is 0.804 bits per heavy atom. The van der Waals surface area contributed by atoms with Gasteiger partial charge in [0.15, 0.2) is 12.2 Å². The zero-order valence-corrected chi connectivity index (χ0v) is 27.1. The maximum Gasteiger partial charge on any atom is 0.338 e. The van der Waals surface area contributed by atoms with Gasteiger partial charge in [-0.1, -0.05) is 124 Å². The summed E-state index contributed by atoms with van der Waals surface area (Å²) in [4.78, 5) is 27.4. The van der Waals surface area contributed by atoms with Crippen LogP contribution < -0.4 is 0 Å². The van der Waals surface area contributed by atoms with Gasteiger partial charge in [-0.25, -0.2) is 9.59 Å². The number of carbonyl (C=O) groups excluding carboxylic acids is 2. The Kier molecular flexibility index (Phi) is 10.3. The molecule has 2 fully saturated rings. The molecule has 0 bridgehead atoms. The summed E-state index contributed by atoms with van der Waals surface area (Å²) in [5.41, 5.74) is 5.05. The molecule has 0 saturated heterocycles. The van der Waals surface area contributed by atoms with Crippen LogP contribution in [-0.4, -0.2) is 11.9 Å². The molecule has 0 radical (unpaired) electrons. The van der Waals surface area contributed by atoms with Gasteiger partial charge in [0.1, 0.15) is 0 Å². The number of ether oxygens (including phenoxy) is 2. The van der Waals surface area contributed by atoms with Crippen LogP contribution in [0.3, 0.4) is 0 Å². The molecule has 0 aliphatic heterocycles. The number of benzene rings is 4. The molecular formula is C42H46O4. The first-order valence-corrected chi connectivity index (χ1v) is 17.2. The molecule has 2 saturated carbocycles. The molecule has 238 valence electrons. The molecule has 4 nitrogen and oxygen atoms in total. The second-order valence-electron chi connectivity index (χ2n) is 13.6. The highest BCUT2D eigenvalue weighted by Gasteiger charge is 2.33. The second kappa shape index (κ2) is 14.9. The van der Waals surface area contributed by atoms with Gasteiger partial charge in [0.25, 0.3) is 0 Å². The summed E-state index contributed by atoms with van der Waals surface area (Å²) in [6.45, 7) is 4.65. The quantitative estimate of drug-likeness (QED) is 0.176. The summed E-state index contributed by atoms with van der Waals surface area (Å²) in [6.07, 6.45) is 8.05. The van der Waals surface area contributed by atoms with E-state index < -0.39 is 24.1 Å².